The zero-order valence-electron chi connectivity index (χ0n) is 24.0. The van der Waals surface area contributed by atoms with Gasteiger partial charge in [-0.2, -0.15) is 4.31 Å². The zero-order chi connectivity index (χ0) is 29.7. The van der Waals surface area contributed by atoms with Gasteiger partial charge in [-0.25, -0.2) is 8.42 Å². The van der Waals surface area contributed by atoms with Crippen molar-refractivity contribution < 1.29 is 27.5 Å². The molecule has 0 spiro atoms. The second-order valence-corrected chi connectivity index (χ2v) is 12.6. The van der Waals surface area contributed by atoms with E-state index in [1.165, 1.54) is 4.31 Å². The quantitative estimate of drug-likeness (QED) is 0.404. The molecule has 0 aromatic heterocycles. The number of ether oxygens (including phenoxy) is 2. The zero-order valence-corrected chi connectivity index (χ0v) is 24.8. The van der Waals surface area contributed by atoms with Gasteiger partial charge in [0.25, 0.3) is 5.91 Å². The topological polar surface area (TPSA) is 105 Å². The molecule has 222 valence electrons. The van der Waals surface area contributed by atoms with Crippen LogP contribution < -0.4 is 19.7 Å². The SMILES string of the molecule is CCOc1ccc(S(=O)(=O)N2CCC[C@H](C(=O)N3C[C@@H](C(=O)NCCc4ccccc4)Oc4ccccc43)C2)cc1C. The molecule has 0 aliphatic carbocycles. The molecule has 5 rings (SSSR count). The Labute approximate surface area is 247 Å². The summed E-state index contributed by atoms with van der Waals surface area (Å²) in [6, 6.07) is 21.9. The maximum Gasteiger partial charge on any atom is 0.262 e. The first-order valence-corrected chi connectivity index (χ1v) is 15.8. The van der Waals surface area contributed by atoms with Crippen LogP contribution in [0.3, 0.4) is 0 Å². The summed E-state index contributed by atoms with van der Waals surface area (Å²) in [7, 11) is -3.81. The average molecular weight is 592 g/mol. The number of aryl methyl sites for hydroxylation is 1. The second kappa shape index (κ2) is 13.0. The van der Waals surface area contributed by atoms with Gasteiger partial charge in [0.1, 0.15) is 11.5 Å². The molecular formula is C32H37N3O6S. The lowest BCUT2D eigenvalue weighted by Crippen LogP contribution is -2.54. The van der Waals surface area contributed by atoms with E-state index >= 15 is 0 Å². The first kappa shape index (κ1) is 29.6. The largest absolute Gasteiger partial charge is 0.494 e. The number of hydrogen-bond donors (Lipinski definition) is 1. The summed E-state index contributed by atoms with van der Waals surface area (Å²) in [4.78, 5) is 28.8. The maximum absolute atomic E-state index is 14.0. The normalized spacial score (nSPS) is 19.0. The Morgan fingerprint density at radius 2 is 1.79 bits per heavy atom. The predicted molar refractivity (Wildman–Crippen MR) is 160 cm³/mol. The number of hydrogen-bond acceptors (Lipinski definition) is 6. The Morgan fingerprint density at radius 1 is 1.02 bits per heavy atom. The fourth-order valence-electron chi connectivity index (χ4n) is 5.50. The van der Waals surface area contributed by atoms with E-state index in [1.54, 1.807) is 41.3 Å². The third kappa shape index (κ3) is 6.44. The molecule has 0 unspecified atom stereocenters. The molecule has 1 fully saturated rings. The van der Waals surface area contributed by atoms with E-state index in [9.17, 15) is 18.0 Å². The maximum atomic E-state index is 14.0. The van der Waals surface area contributed by atoms with Gasteiger partial charge in [0.15, 0.2) is 6.10 Å². The molecule has 2 aliphatic rings. The van der Waals surface area contributed by atoms with Crippen LogP contribution in [0.2, 0.25) is 0 Å². The van der Waals surface area contributed by atoms with E-state index < -0.39 is 22.0 Å². The van der Waals surface area contributed by atoms with Crippen LogP contribution in [0.25, 0.3) is 0 Å². The van der Waals surface area contributed by atoms with Gasteiger partial charge < -0.3 is 19.7 Å². The van der Waals surface area contributed by atoms with Crippen molar-refractivity contribution in [3.63, 3.8) is 0 Å². The number of anilines is 1. The Hall–Kier alpha value is -3.89. The summed E-state index contributed by atoms with van der Waals surface area (Å²) in [6.07, 6.45) is 0.912. The van der Waals surface area contributed by atoms with E-state index in [4.69, 9.17) is 9.47 Å². The molecule has 0 saturated carbocycles. The number of fused-ring (bicyclic) bond motifs is 1. The number of amides is 2. The molecule has 2 amide bonds. The van der Waals surface area contributed by atoms with Crippen LogP contribution in [-0.2, 0) is 26.0 Å². The summed E-state index contributed by atoms with van der Waals surface area (Å²) in [5, 5.41) is 2.93. The lowest BCUT2D eigenvalue weighted by Gasteiger charge is -2.38. The van der Waals surface area contributed by atoms with Crippen molar-refractivity contribution >= 4 is 27.5 Å². The van der Waals surface area contributed by atoms with Crippen molar-refractivity contribution in [2.24, 2.45) is 5.92 Å². The highest BCUT2D eigenvalue weighted by Gasteiger charge is 2.39. The monoisotopic (exact) mass is 591 g/mol. The van der Waals surface area contributed by atoms with Gasteiger partial charge in [-0.15, -0.1) is 0 Å². The molecule has 1 saturated heterocycles. The number of carbonyl (C=O) groups excluding carboxylic acids is 2. The summed E-state index contributed by atoms with van der Waals surface area (Å²) < 4.78 is 40.1. The first-order chi connectivity index (χ1) is 20.3. The number of rotatable bonds is 9. The van der Waals surface area contributed by atoms with Gasteiger partial charge in [0.05, 0.1) is 29.7 Å². The molecule has 10 heteroatoms. The summed E-state index contributed by atoms with van der Waals surface area (Å²) in [6.45, 7) is 5.08. The average Bonchev–Trinajstić information content (AvgIpc) is 3.01. The van der Waals surface area contributed by atoms with Crippen LogP contribution >= 0.6 is 0 Å². The molecule has 2 atom stereocenters. The standard InChI is InChI=1S/C32H37N3O6S/c1-3-40-28-16-15-26(20-23(28)2)42(38,39)34-19-9-12-25(21-34)32(37)35-22-30(41-29-14-8-7-13-27(29)35)31(36)33-18-17-24-10-5-4-6-11-24/h4-8,10-11,13-16,20,25,30H,3,9,12,17-19,21-22H2,1-2H3,(H,33,36)/t25-,30-/m0/s1. The highest BCUT2D eigenvalue weighted by atomic mass is 32.2. The molecule has 9 nitrogen and oxygen atoms in total. The number of piperidine rings is 1. The van der Waals surface area contributed by atoms with Crippen LogP contribution in [0.15, 0.2) is 77.7 Å². The highest BCUT2D eigenvalue weighted by molar-refractivity contribution is 7.89. The number of para-hydroxylation sites is 2. The van der Waals surface area contributed by atoms with E-state index in [1.807, 2.05) is 50.2 Å². The van der Waals surface area contributed by atoms with Crippen LogP contribution in [0.1, 0.15) is 30.9 Å². The minimum absolute atomic E-state index is 0.0500. The summed E-state index contributed by atoms with van der Waals surface area (Å²) in [5.41, 5.74) is 2.43. The molecule has 0 radical (unpaired) electrons. The van der Waals surface area contributed by atoms with Gasteiger partial charge in [-0.1, -0.05) is 42.5 Å². The number of nitrogens with zero attached hydrogens (tertiary/aromatic N) is 2. The Kier molecular flexibility index (Phi) is 9.13. The molecule has 42 heavy (non-hydrogen) atoms. The molecule has 3 aromatic rings. The molecule has 0 bridgehead atoms. The summed E-state index contributed by atoms with van der Waals surface area (Å²) >= 11 is 0. The van der Waals surface area contributed by atoms with Gasteiger partial charge in [0.2, 0.25) is 15.9 Å². The third-order valence-electron chi connectivity index (χ3n) is 7.71. The Morgan fingerprint density at radius 3 is 2.55 bits per heavy atom. The Balaban J connectivity index is 1.29. The second-order valence-electron chi connectivity index (χ2n) is 10.6. The van der Waals surface area contributed by atoms with Crippen molar-refractivity contribution in [2.75, 3.05) is 37.7 Å². The predicted octanol–water partition coefficient (Wildman–Crippen LogP) is 3.95. The number of benzene rings is 3. The molecule has 2 heterocycles. The molecule has 1 N–H and O–H groups in total. The van der Waals surface area contributed by atoms with Crippen molar-refractivity contribution in [1.82, 2.24) is 9.62 Å². The third-order valence-corrected chi connectivity index (χ3v) is 9.57. The fourth-order valence-corrected chi connectivity index (χ4v) is 7.11. The number of nitrogens with one attached hydrogen (secondary N) is 1. The van der Waals surface area contributed by atoms with E-state index in [0.29, 0.717) is 56.1 Å². The van der Waals surface area contributed by atoms with Crippen LogP contribution in [0.5, 0.6) is 11.5 Å². The van der Waals surface area contributed by atoms with Gasteiger partial charge in [0, 0.05) is 19.6 Å². The minimum Gasteiger partial charge on any atom is -0.494 e. The highest BCUT2D eigenvalue weighted by Crippen LogP contribution is 2.36. The smallest absolute Gasteiger partial charge is 0.262 e. The van der Waals surface area contributed by atoms with Crippen molar-refractivity contribution in [2.45, 2.75) is 44.1 Å². The number of carbonyl (C=O) groups is 2. The van der Waals surface area contributed by atoms with Gasteiger partial charge >= 0.3 is 0 Å². The van der Waals surface area contributed by atoms with Crippen molar-refractivity contribution in [3.05, 3.63) is 83.9 Å². The Bertz CT molecular complexity index is 1530. The molecular weight excluding hydrogens is 554 g/mol. The molecule has 3 aromatic carbocycles. The lowest BCUT2D eigenvalue weighted by atomic mass is 9.97. The van der Waals surface area contributed by atoms with Gasteiger partial charge in [-0.05, 0) is 74.6 Å². The van der Waals surface area contributed by atoms with Crippen LogP contribution in [0, 0.1) is 12.8 Å². The van der Waals surface area contributed by atoms with Crippen molar-refractivity contribution in [1.29, 1.82) is 0 Å². The lowest BCUT2D eigenvalue weighted by molar-refractivity contribution is -0.129. The molecule has 2 aliphatic heterocycles. The minimum atomic E-state index is -3.81. The van der Waals surface area contributed by atoms with Crippen LogP contribution in [0.4, 0.5) is 5.69 Å². The van der Waals surface area contributed by atoms with Crippen molar-refractivity contribution in [3.8, 4) is 11.5 Å². The fraction of sp³-hybridized carbons (Fsp3) is 0.375. The van der Waals surface area contributed by atoms with E-state index in [2.05, 4.69) is 5.32 Å². The van der Waals surface area contributed by atoms with E-state index in [-0.39, 0.29) is 29.8 Å². The first-order valence-electron chi connectivity index (χ1n) is 14.4. The van der Waals surface area contributed by atoms with E-state index in [0.717, 1.165) is 11.1 Å². The van der Waals surface area contributed by atoms with Gasteiger partial charge in [-0.3, -0.25) is 9.59 Å². The number of sulfonamides is 1. The van der Waals surface area contributed by atoms with Crippen LogP contribution in [-0.4, -0.2) is 63.4 Å². The summed E-state index contributed by atoms with van der Waals surface area (Å²) in [5.74, 6) is 0.0380.